The standard InChI is InChI=1S/C14H12BrN/c15-9-13-12-6-2-1-4-10(12)8-11-5-3-7-16-14(11)13/h1-7,13H,8-9H2. The second kappa shape index (κ2) is 4.02. The van der Waals surface area contributed by atoms with Crippen molar-refractivity contribution >= 4 is 15.9 Å². The van der Waals surface area contributed by atoms with Crippen molar-refractivity contribution in [1.29, 1.82) is 0 Å². The topological polar surface area (TPSA) is 12.9 Å². The molecule has 0 saturated carbocycles. The van der Waals surface area contributed by atoms with Crippen molar-refractivity contribution in [2.45, 2.75) is 12.3 Å². The molecule has 2 heteroatoms. The molecule has 0 aliphatic heterocycles. The summed E-state index contributed by atoms with van der Waals surface area (Å²) in [5.74, 6) is 0.404. The molecule has 0 amide bonds. The van der Waals surface area contributed by atoms with Gasteiger partial charge in [-0.2, -0.15) is 0 Å². The van der Waals surface area contributed by atoms with Gasteiger partial charge in [0.15, 0.2) is 0 Å². The molecule has 0 spiro atoms. The molecule has 3 rings (SSSR count). The summed E-state index contributed by atoms with van der Waals surface area (Å²) in [5, 5.41) is 0.939. The first-order valence-corrected chi connectivity index (χ1v) is 6.60. The van der Waals surface area contributed by atoms with Crippen molar-refractivity contribution in [2.75, 3.05) is 5.33 Å². The van der Waals surface area contributed by atoms with Gasteiger partial charge >= 0.3 is 0 Å². The Morgan fingerprint density at radius 1 is 1.12 bits per heavy atom. The van der Waals surface area contributed by atoms with Crippen LogP contribution in [0.15, 0.2) is 42.6 Å². The van der Waals surface area contributed by atoms with Crippen LogP contribution in [-0.4, -0.2) is 10.3 Å². The lowest BCUT2D eigenvalue weighted by Crippen LogP contribution is -2.16. The van der Waals surface area contributed by atoms with Gasteiger partial charge in [-0.25, -0.2) is 0 Å². The largest absolute Gasteiger partial charge is 0.260 e. The molecule has 1 nitrogen and oxygen atoms in total. The summed E-state index contributed by atoms with van der Waals surface area (Å²) in [6.07, 6.45) is 2.91. The highest BCUT2D eigenvalue weighted by atomic mass is 79.9. The summed E-state index contributed by atoms with van der Waals surface area (Å²) in [6, 6.07) is 12.9. The average molecular weight is 274 g/mol. The normalized spacial score (nSPS) is 17.7. The third-order valence-electron chi connectivity index (χ3n) is 3.22. The summed E-state index contributed by atoms with van der Waals surface area (Å²) < 4.78 is 0. The Hall–Kier alpha value is -1.15. The predicted octanol–water partition coefficient (Wildman–Crippen LogP) is 3.51. The van der Waals surface area contributed by atoms with Crippen LogP contribution in [0, 0.1) is 0 Å². The number of fused-ring (bicyclic) bond motifs is 2. The molecule has 0 radical (unpaired) electrons. The van der Waals surface area contributed by atoms with Gasteiger partial charge in [0.2, 0.25) is 0 Å². The maximum Gasteiger partial charge on any atom is 0.0522 e. The van der Waals surface area contributed by atoms with Gasteiger partial charge in [-0.15, -0.1) is 0 Å². The van der Waals surface area contributed by atoms with E-state index >= 15 is 0 Å². The van der Waals surface area contributed by atoms with Gasteiger partial charge < -0.3 is 0 Å². The van der Waals surface area contributed by atoms with E-state index in [1.807, 2.05) is 12.3 Å². The first-order valence-electron chi connectivity index (χ1n) is 5.47. The molecule has 1 aliphatic carbocycles. The van der Waals surface area contributed by atoms with Crippen molar-refractivity contribution in [3.8, 4) is 0 Å². The third-order valence-corrected chi connectivity index (χ3v) is 3.87. The lowest BCUT2D eigenvalue weighted by atomic mass is 9.82. The Kier molecular flexibility index (Phi) is 2.52. The molecule has 1 atom stereocenters. The Balaban J connectivity index is 2.19. The van der Waals surface area contributed by atoms with E-state index in [2.05, 4.69) is 51.2 Å². The van der Waals surface area contributed by atoms with Crippen LogP contribution < -0.4 is 0 Å². The first kappa shape index (κ1) is 10.0. The zero-order valence-corrected chi connectivity index (χ0v) is 10.4. The van der Waals surface area contributed by atoms with Crippen molar-refractivity contribution < 1.29 is 0 Å². The molecule has 1 unspecified atom stereocenters. The maximum absolute atomic E-state index is 4.54. The van der Waals surface area contributed by atoms with Crippen LogP contribution in [0.4, 0.5) is 0 Å². The molecule has 1 aliphatic rings. The number of aromatic nitrogens is 1. The number of hydrogen-bond acceptors (Lipinski definition) is 1. The molecule has 80 valence electrons. The molecule has 2 aromatic rings. The van der Waals surface area contributed by atoms with Crippen LogP contribution in [0.1, 0.15) is 28.3 Å². The molecule has 0 fully saturated rings. The van der Waals surface area contributed by atoms with Crippen molar-refractivity contribution in [3.05, 3.63) is 65.0 Å². The van der Waals surface area contributed by atoms with Crippen molar-refractivity contribution in [2.24, 2.45) is 0 Å². The number of hydrogen-bond donors (Lipinski definition) is 0. The van der Waals surface area contributed by atoms with Gasteiger partial charge in [-0.3, -0.25) is 4.98 Å². The molecule has 16 heavy (non-hydrogen) atoms. The third kappa shape index (κ3) is 1.49. The van der Waals surface area contributed by atoms with Crippen LogP contribution in [0.25, 0.3) is 0 Å². The lowest BCUT2D eigenvalue weighted by molar-refractivity contribution is 0.816. The fourth-order valence-corrected chi connectivity index (χ4v) is 3.11. The fourth-order valence-electron chi connectivity index (χ4n) is 2.46. The Bertz CT molecular complexity index is 476. The molecule has 0 saturated heterocycles. The quantitative estimate of drug-likeness (QED) is 0.725. The van der Waals surface area contributed by atoms with Crippen LogP contribution in [-0.2, 0) is 6.42 Å². The van der Waals surface area contributed by atoms with E-state index in [0.717, 1.165) is 11.8 Å². The second-order valence-electron chi connectivity index (χ2n) is 4.13. The summed E-state index contributed by atoms with van der Waals surface area (Å²) in [7, 11) is 0. The summed E-state index contributed by atoms with van der Waals surface area (Å²) in [4.78, 5) is 4.54. The van der Waals surface area contributed by atoms with E-state index in [1.165, 1.54) is 22.4 Å². The van der Waals surface area contributed by atoms with Crippen LogP contribution in [0.2, 0.25) is 0 Å². The Labute approximate surface area is 104 Å². The lowest BCUT2D eigenvalue weighted by Gasteiger charge is -2.25. The highest BCUT2D eigenvalue weighted by Gasteiger charge is 2.24. The summed E-state index contributed by atoms with van der Waals surface area (Å²) in [6.45, 7) is 0. The van der Waals surface area contributed by atoms with Gasteiger partial charge in [-0.05, 0) is 29.2 Å². The zero-order chi connectivity index (χ0) is 11.0. The highest BCUT2D eigenvalue weighted by Crippen LogP contribution is 2.35. The molecular weight excluding hydrogens is 262 g/mol. The molecule has 1 aromatic carbocycles. The van der Waals surface area contributed by atoms with Crippen LogP contribution in [0.3, 0.4) is 0 Å². The SMILES string of the molecule is BrCC1c2ccccc2Cc2cccnc21. The van der Waals surface area contributed by atoms with Crippen molar-refractivity contribution in [3.63, 3.8) is 0 Å². The van der Waals surface area contributed by atoms with Crippen LogP contribution in [0.5, 0.6) is 0 Å². The number of pyridine rings is 1. The van der Waals surface area contributed by atoms with Gasteiger partial charge in [0.05, 0.1) is 5.69 Å². The minimum absolute atomic E-state index is 0.404. The Morgan fingerprint density at radius 3 is 2.81 bits per heavy atom. The smallest absolute Gasteiger partial charge is 0.0522 e. The van der Waals surface area contributed by atoms with E-state index in [1.54, 1.807) is 0 Å². The summed E-state index contributed by atoms with van der Waals surface area (Å²) in [5.41, 5.74) is 5.46. The van der Waals surface area contributed by atoms with E-state index in [9.17, 15) is 0 Å². The summed E-state index contributed by atoms with van der Waals surface area (Å²) >= 11 is 3.61. The van der Waals surface area contributed by atoms with E-state index < -0.39 is 0 Å². The van der Waals surface area contributed by atoms with E-state index in [4.69, 9.17) is 0 Å². The zero-order valence-electron chi connectivity index (χ0n) is 8.86. The van der Waals surface area contributed by atoms with Gasteiger partial charge in [0.1, 0.15) is 0 Å². The number of halogens is 1. The number of alkyl halides is 1. The monoisotopic (exact) mass is 273 g/mol. The predicted molar refractivity (Wildman–Crippen MR) is 69.1 cm³/mol. The first-order chi connectivity index (χ1) is 7.90. The van der Waals surface area contributed by atoms with Gasteiger partial charge in [0.25, 0.3) is 0 Å². The van der Waals surface area contributed by atoms with Crippen molar-refractivity contribution in [1.82, 2.24) is 4.98 Å². The highest BCUT2D eigenvalue weighted by molar-refractivity contribution is 9.09. The maximum atomic E-state index is 4.54. The number of benzene rings is 1. The number of rotatable bonds is 1. The fraction of sp³-hybridized carbons (Fsp3) is 0.214. The minimum atomic E-state index is 0.404. The minimum Gasteiger partial charge on any atom is -0.260 e. The molecule has 0 bridgehead atoms. The van der Waals surface area contributed by atoms with Gasteiger partial charge in [0, 0.05) is 17.4 Å². The average Bonchev–Trinajstić information content (AvgIpc) is 2.36. The molecule has 1 aromatic heterocycles. The molecular formula is C14H12BrN. The van der Waals surface area contributed by atoms with Crippen LogP contribution >= 0.6 is 15.9 Å². The second-order valence-corrected chi connectivity index (χ2v) is 4.78. The van der Waals surface area contributed by atoms with E-state index in [-0.39, 0.29) is 0 Å². The Morgan fingerprint density at radius 2 is 1.94 bits per heavy atom. The van der Waals surface area contributed by atoms with Gasteiger partial charge in [-0.1, -0.05) is 46.3 Å². The van der Waals surface area contributed by atoms with E-state index in [0.29, 0.717) is 5.92 Å². The molecule has 0 N–H and O–H groups in total. The molecule has 1 heterocycles. The number of nitrogens with zero attached hydrogens (tertiary/aromatic N) is 1.